The second-order valence-corrected chi connectivity index (χ2v) is 6.15. The third-order valence-electron chi connectivity index (χ3n) is 2.98. The van der Waals surface area contributed by atoms with Crippen LogP contribution in [-0.4, -0.2) is 6.54 Å². The van der Waals surface area contributed by atoms with E-state index in [9.17, 15) is 4.39 Å². The molecular formula is C13H19BrFN. The fourth-order valence-electron chi connectivity index (χ4n) is 1.71. The maximum absolute atomic E-state index is 13.6. The molecular weight excluding hydrogens is 269 g/mol. The van der Waals surface area contributed by atoms with Gasteiger partial charge in [0.2, 0.25) is 0 Å². The summed E-state index contributed by atoms with van der Waals surface area (Å²) in [7, 11) is 0. The van der Waals surface area contributed by atoms with Crippen molar-refractivity contribution < 1.29 is 4.39 Å². The predicted molar refractivity (Wildman–Crippen MR) is 69.8 cm³/mol. The average Bonchev–Trinajstić information content (AvgIpc) is 2.17. The second-order valence-electron chi connectivity index (χ2n) is 5.24. The highest BCUT2D eigenvalue weighted by Crippen LogP contribution is 2.29. The Bertz CT molecular complexity index is 357. The minimum absolute atomic E-state index is 0.101. The summed E-state index contributed by atoms with van der Waals surface area (Å²) < 4.78 is 14.5. The molecule has 0 heterocycles. The van der Waals surface area contributed by atoms with E-state index in [0.29, 0.717) is 13.0 Å². The standard InChI is InChI=1S/C13H19BrFN/c1-13(2,3)10(8-16)6-9-7-11(14)4-5-12(9)15/h4-5,7,10H,6,8,16H2,1-3H3. The topological polar surface area (TPSA) is 26.0 Å². The third kappa shape index (κ3) is 3.56. The third-order valence-corrected chi connectivity index (χ3v) is 3.48. The van der Waals surface area contributed by atoms with Crippen molar-refractivity contribution >= 4 is 15.9 Å². The van der Waals surface area contributed by atoms with Gasteiger partial charge < -0.3 is 5.73 Å². The Morgan fingerprint density at radius 1 is 1.38 bits per heavy atom. The monoisotopic (exact) mass is 287 g/mol. The Morgan fingerprint density at radius 3 is 2.50 bits per heavy atom. The molecule has 3 heteroatoms. The molecule has 16 heavy (non-hydrogen) atoms. The second kappa shape index (κ2) is 5.28. The van der Waals surface area contributed by atoms with Crippen LogP contribution in [-0.2, 0) is 6.42 Å². The van der Waals surface area contributed by atoms with Crippen LogP contribution in [0.1, 0.15) is 26.3 Å². The van der Waals surface area contributed by atoms with Crippen molar-refractivity contribution in [1.29, 1.82) is 0 Å². The maximum atomic E-state index is 13.6. The summed E-state index contributed by atoms with van der Waals surface area (Å²) in [5.41, 5.74) is 6.60. The van der Waals surface area contributed by atoms with Gasteiger partial charge in [0.15, 0.2) is 0 Å². The van der Waals surface area contributed by atoms with E-state index in [1.165, 1.54) is 6.07 Å². The van der Waals surface area contributed by atoms with Crippen molar-refractivity contribution in [2.75, 3.05) is 6.54 Å². The first-order valence-electron chi connectivity index (χ1n) is 5.48. The van der Waals surface area contributed by atoms with Crippen LogP contribution in [0.2, 0.25) is 0 Å². The minimum Gasteiger partial charge on any atom is -0.330 e. The maximum Gasteiger partial charge on any atom is 0.126 e. The zero-order chi connectivity index (χ0) is 12.3. The Labute approximate surface area is 105 Å². The lowest BCUT2D eigenvalue weighted by atomic mass is 9.77. The highest BCUT2D eigenvalue weighted by Gasteiger charge is 2.24. The smallest absolute Gasteiger partial charge is 0.126 e. The first kappa shape index (κ1) is 13.7. The fraction of sp³-hybridized carbons (Fsp3) is 0.538. The van der Waals surface area contributed by atoms with Crippen molar-refractivity contribution in [3.05, 3.63) is 34.1 Å². The summed E-state index contributed by atoms with van der Waals surface area (Å²) in [5, 5.41) is 0. The molecule has 0 aliphatic rings. The van der Waals surface area contributed by atoms with E-state index in [1.807, 2.05) is 6.07 Å². The molecule has 0 saturated carbocycles. The van der Waals surface area contributed by atoms with Crippen molar-refractivity contribution in [3.63, 3.8) is 0 Å². The molecule has 0 spiro atoms. The van der Waals surface area contributed by atoms with Crippen LogP contribution in [0.5, 0.6) is 0 Å². The average molecular weight is 288 g/mol. The molecule has 1 aromatic carbocycles. The van der Waals surface area contributed by atoms with Gasteiger partial charge in [-0.2, -0.15) is 0 Å². The Kier molecular flexibility index (Phi) is 4.51. The summed E-state index contributed by atoms with van der Waals surface area (Å²) in [5.74, 6) is 0.141. The van der Waals surface area contributed by atoms with Gasteiger partial charge in [-0.15, -0.1) is 0 Å². The summed E-state index contributed by atoms with van der Waals surface area (Å²) in [4.78, 5) is 0. The first-order valence-corrected chi connectivity index (χ1v) is 6.28. The van der Waals surface area contributed by atoms with Gasteiger partial charge in [0.25, 0.3) is 0 Å². The number of nitrogens with two attached hydrogens (primary N) is 1. The van der Waals surface area contributed by atoms with Crippen LogP contribution >= 0.6 is 15.9 Å². The van der Waals surface area contributed by atoms with Gasteiger partial charge >= 0.3 is 0 Å². The van der Waals surface area contributed by atoms with E-state index in [4.69, 9.17) is 5.73 Å². The summed E-state index contributed by atoms with van der Waals surface area (Å²) >= 11 is 3.36. The Balaban J connectivity index is 2.90. The molecule has 1 atom stereocenters. The highest BCUT2D eigenvalue weighted by molar-refractivity contribution is 9.10. The van der Waals surface area contributed by atoms with E-state index in [0.717, 1.165) is 10.0 Å². The molecule has 0 saturated heterocycles. The van der Waals surface area contributed by atoms with E-state index < -0.39 is 0 Å². The highest BCUT2D eigenvalue weighted by atomic mass is 79.9. The molecule has 1 unspecified atom stereocenters. The zero-order valence-corrected chi connectivity index (χ0v) is 11.6. The molecule has 1 nitrogen and oxygen atoms in total. The number of halogens is 2. The van der Waals surface area contributed by atoms with E-state index in [-0.39, 0.29) is 17.2 Å². The van der Waals surface area contributed by atoms with Crippen LogP contribution in [0.3, 0.4) is 0 Å². The summed E-state index contributed by atoms with van der Waals surface area (Å²) in [6, 6.07) is 5.05. The van der Waals surface area contributed by atoms with Crippen LogP contribution in [0.4, 0.5) is 4.39 Å². The van der Waals surface area contributed by atoms with Crippen molar-refractivity contribution in [3.8, 4) is 0 Å². The van der Waals surface area contributed by atoms with E-state index in [1.54, 1.807) is 6.07 Å². The van der Waals surface area contributed by atoms with Crippen LogP contribution in [0.15, 0.2) is 22.7 Å². The SMILES string of the molecule is CC(C)(C)C(CN)Cc1cc(Br)ccc1F. The van der Waals surface area contributed by atoms with E-state index in [2.05, 4.69) is 36.7 Å². The molecule has 0 aromatic heterocycles. The molecule has 0 aliphatic carbocycles. The first-order chi connectivity index (χ1) is 7.34. The van der Waals surface area contributed by atoms with Crippen molar-refractivity contribution in [1.82, 2.24) is 0 Å². The van der Waals surface area contributed by atoms with Gasteiger partial charge in [-0.25, -0.2) is 4.39 Å². The predicted octanol–water partition coefficient (Wildman–Crippen LogP) is 3.75. The summed E-state index contributed by atoms with van der Waals surface area (Å²) in [6.45, 7) is 7.00. The summed E-state index contributed by atoms with van der Waals surface area (Å²) in [6.07, 6.45) is 0.686. The Hall–Kier alpha value is -0.410. The van der Waals surface area contributed by atoms with Gasteiger partial charge in [-0.3, -0.25) is 0 Å². The molecule has 2 N–H and O–H groups in total. The number of rotatable bonds is 3. The Morgan fingerprint density at radius 2 is 2.00 bits per heavy atom. The lowest BCUT2D eigenvalue weighted by Gasteiger charge is -2.29. The fourth-order valence-corrected chi connectivity index (χ4v) is 2.12. The normalized spacial score (nSPS) is 13.9. The van der Waals surface area contributed by atoms with Crippen molar-refractivity contribution in [2.45, 2.75) is 27.2 Å². The number of hydrogen-bond donors (Lipinski definition) is 1. The van der Waals surface area contributed by atoms with Gasteiger partial charge in [0, 0.05) is 4.47 Å². The number of hydrogen-bond acceptors (Lipinski definition) is 1. The van der Waals surface area contributed by atoms with Gasteiger partial charge in [0.1, 0.15) is 5.82 Å². The quantitative estimate of drug-likeness (QED) is 0.900. The molecule has 0 radical (unpaired) electrons. The van der Waals surface area contributed by atoms with Crippen LogP contribution in [0.25, 0.3) is 0 Å². The lowest BCUT2D eigenvalue weighted by molar-refractivity contribution is 0.244. The zero-order valence-electron chi connectivity index (χ0n) is 10.1. The van der Waals surface area contributed by atoms with Crippen molar-refractivity contribution in [2.24, 2.45) is 17.1 Å². The van der Waals surface area contributed by atoms with Crippen LogP contribution in [0, 0.1) is 17.2 Å². The van der Waals surface area contributed by atoms with Gasteiger partial charge in [-0.1, -0.05) is 36.7 Å². The van der Waals surface area contributed by atoms with Gasteiger partial charge in [-0.05, 0) is 48.1 Å². The minimum atomic E-state index is -0.147. The van der Waals surface area contributed by atoms with E-state index >= 15 is 0 Å². The largest absolute Gasteiger partial charge is 0.330 e. The van der Waals surface area contributed by atoms with Crippen LogP contribution < -0.4 is 5.73 Å². The molecule has 90 valence electrons. The number of benzene rings is 1. The van der Waals surface area contributed by atoms with Gasteiger partial charge in [0.05, 0.1) is 0 Å². The molecule has 0 amide bonds. The molecule has 0 fully saturated rings. The molecule has 0 bridgehead atoms. The molecule has 0 aliphatic heterocycles. The lowest BCUT2D eigenvalue weighted by Crippen LogP contribution is -2.30. The molecule has 1 aromatic rings. The molecule has 1 rings (SSSR count).